The molecule has 0 aromatic heterocycles. The molecule has 2 fully saturated rings. The number of urea groups is 1. The Morgan fingerprint density at radius 3 is 2.71 bits per heavy atom. The summed E-state index contributed by atoms with van der Waals surface area (Å²) in [6.07, 6.45) is 3.10. The molecule has 2 aliphatic heterocycles. The van der Waals surface area contributed by atoms with Gasteiger partial charge in [-0.05, 0) is 32.6 Å². The normalized spacial score (nSPS) is 29.8. The summed E-state index contributed by atoms with van der Waals surface area (Å²) in [5, 5.41) is 12.0. The maximum absolute atomic E-state index is 12.4. The minimum Gasteiger partial charge on any atom is -0.394 e. The fourth-order valence-corrected chi connectivity index (χ4v) is 2.88. The third-order valence-electron chi connectivity index (χ3n) is 4.50. The van der Waals surface area contributed by atoms with Gasteiger partial charge in [0.05, 0.1) is 12.6 Å². The summed E-state index contributed by atoms with van der Waals surface area (Å²) in [4.78, 5) is 39.1. The van der Waals surface area contributed by atoms with Crippen LogP contribution >= 0.6 is 0 Å². The number of likely N-dealkylation sites (tertiary alicyclic amines) is 1. The van der Waals surface area contributed by atoms with Gasteiger partial charge in [0.1, 0.15) is 12.1 Å². The number of aliphatic hydroxyl groups excluding tert-OH is 1. The first-order valence-corrected chi connectivity index (χ1v) is 7.47. The Morgan fingerprint density at radius 2 is 2.14 bits per heavy atom. The molecule has 2 aliphatic rings. The number of hydrogen-bond acceptors (Lipinski definition) is 4. The number of nitrogens with one attached hydrogen (secondary N) is 1. The quantitative estimate of drug-likeness (QED) is 0.719. The third-order valence-corrected chi connectivity index (χ3v) is 4.50. The van der Waals surface area contributed by atoms with Crippen LogP contribution in [0.15, 0.2) is 0 Å². The van der Waals surface area contributed by atoms with E-state index in [1.807, 2.05) is 6.92 Å². The van der Waals surface area contributed by atoms with Crippen LogP contribution in [0.25, 0.3) is 0 Å². The fraction of sp³-hybridized carbons (Fsp3) is 0.786. The average Bonchev–Trinajstić information content (AvgIpc) is 2.71. The fourth-order valence-electron chi connectivity index (χ4n) is 2.88. The molecule has 2 rings (SSSR count). The molecule has 4 amide bonds. The van der Waals surface area contributed by atoms with E-state index in [2.05, 4.69) is 5.32 Å². The van der Waals surface area contributed by atoms with Gasteiger partial charge in [0.25, 0.3) is 5.91 Å². The Balaban J connectivity index is 2.05. The largest absolute Gasteiger partial charge is 0.394 e. The van der Waals surface area contributed by atoms with E-state index in [4.69, 9.17) is 0 Å². The van der Waals surface area contributed by atoms with E-state index < -0.39 is 11.6 Å². The first-order valence-electron chi connectivity index (χ1n) is 7.47. The van der Waals surface area contributed by atoms with E-state index in [0.717, 1.165) is 24.2 Å². The second-order valence-electron chi connectivity index (χ2n) is 5.93. The van der Waals surface area contributed by atoms with Crippen molar-refractivity contribution in [3.05, 3.63) is 0 Å². The summed E-state index contributed by atoms with van der Waals surface area (Å²) >= 11 is 0. The molecule has 0 saturated carbocycles. The van der Waals surface area contributed by atoms with E-state index in [1.165, 1.54) is 0 Å². The van der Waals surface area contributed by atoms with E-state index >= 15 is 0 Å². The van der Waals surface area contributed by atoms with Gasteiger partial charge in [0.15, 0.2) is 0 Å². The number of imide groups is 1. The monoisotopic (exact) mass is 297 g/mol. The Labute approximate surface area is 124 Å². The number of carbonyl (C=O) groups is 3. The van der Waals surface area contributed by atoms with Crippen molar-refractivity contribution in [3.63, 3.8) is 0 Å². The lowest BCUT2D eigenvalue weighted by molar-refractivity contribution is -0.141. The van der Waals surface area contributed by atoms with Crippen molar-refractivity contribution in [2.45, 2.75) is 51.1 Å². The molecular weight excluding hydrogens is 274 g/mol. The zero-order valence-electron chi connectivity index (χ0n) is 12.6. The van der Waals surface area contributed by atoms with E-state index in [-0.39, 0.29) is 31.0 Å². The first-order chi connectivity index (χ1) is 9.92. The molecule has 7 heteroatoms. The van der Waals surface area contributed by atoms with Crippen LogP contribution in [-0.2, 0) is 9.59 Å². The van der Waals surface area contributed by atoms with Gasteiger partial charge >= 0.3 is 6.03 Å². The van der Waals surface area contributed by atoms with Crippen molar-refractivity contribution in [1.29, 1.82) is 0 Å². The molecule has 118 valence electrons. The van der Waals surface area contributed by atoms with Gasteiger partial charge in [0.2, 0.25) is 5.91 Å². The predicted octanol–water partition coefficient (Wildman–Crippen LogP) is 0.0803. The van der Waals surface area contributed by atoms with Crippen molar-refractivity contribution in [2.24, 2.45) is 0 Å². The summed E-state index contributed by atoms with van der Waals surface area (Å²) in [7, 11) is 0. The van der Waals surface area contributed by atoms with Crippen molar-refractivity contribution in [1.82, 2.24) is 15.1 Å². The van der Waals surface area contributed by atoms with Crippen LogP contribution < -0.4 is 5.32 Å². The zero-order chi connectivity index (χ0) is 15.6. The van der Waals surface area contributed by atoms with Gasteiger partial charge in [0, 0.05) is 6.54 Å². The lowest BCUT2D eigenvalue weighted by atomic mass is 9.99. The van der Waals surface area contributed by atoms with E-state index in [9.17, 15) is 19.5 Å². The molecule has 0 aromatic carbocycles. The molecule has 0 aromatic rings. The highest BCUT2D eigenvalue weighted by Crippen LogP contribution is 2.22. The van der Waals surface area contributed by atoms with Gasteiger partial charge in [-0.1, -0.05) is 6.92 Å². The molecular formula is C14H23N3O4. The Kier molecular flexibility index (Phi) is 4.51. The predicted molar refractivity (Wildman–Crippen MR) is 75.4 cm³/mol. The molecule has 0 aliphatic carbocycles. The standard InChI is InChI=1S/C14H23N3O4/c1-3-14(2)12(20)17(13(21)15-14)8-11(19)16-7-5-4-6-10(16)9-18/h10,18H,3-9H2,1-2H3,(H,15,21). The van der Waals surface area contributed by atoms with Gasteiger partial charge in [-0.25, -0.2) is 4.79 Å². The lowest BCUT2D eigenvalue weighted by Crippen LogP contribution is -2.51. The minimum atomic E-state index is -0.921. The summed E-state index contributed by atoms with van der Waals surface area (Å²) in [5.41, 5.74) is -0.921. The molecule has 2 heterocycles. The van der Waals surface area contributed by atoms with Crippen LogP contribution in [0.4, 0.5) is 4.79 Å². The van der Waals surface area contributed by atoms with Crippen molar-refractivity contribution in [2.75, 3.05) is 19.7 Å². The number of carbonyl (C=O) groups excluding carboxylic acids is 3. The number of amides is 4. The Hall–Kier alpha value is -1.63. The second-order valence-corrected chi connectivity index (χ2v) is 5.93. The topological polar surface area (TPSA) is 90.0 Å². The van der Waals surface area contributed by atoms with E-state index in [1.54, 1.807) is 11.8 Å². The smallest absolute Gasteiger partial charge is 0.325 e. The zero-order valence-corrected chi connectivity index (χ0v) is 12.6. The highest BCUT2D eigenvalue weighted by Gasteiger charge is 2.47. The number of hydrogen-bond donors (Lipinski definition) is 2. The second kappa shape index (κ2) is 6.01. The highest BCUT2D eigenvalue weighted by atomic mass is 16.3. The van der Waals surface area contributed by atoms with Gasteiger partial charge in [-0.2, -0.15) is 0 Å². The van der Waals surface area contributed by atoms with Crippen LogP contribution in [0.5, 0.6) is 0 Å². The van der Waals surface area contributed by atoms with Gasteiger partial charge in [-0.3, -0.25) is 14.5 Å². The summed E-state index contributed by atoms with van der Waals surface area (Å²) < 4.78 is 0. The maximum atomic E-state index is 12.4. The van der Waals surface area contributed by atoms with Crippen LogP contribution in [0.2, 0.25) is 0 Å². The summed E-state index contributed by atoms with van der Waals surface area (Å²) in [6, 6.07) is -0.722. The molecule has 2 unspecified atom stereocenters. The Morgan fingerprint density at radius 1 is 1.43 bits per heavy atom. The molecule has 21 heavy (non-hydrogen) atoms. The van der Waals surface area contributed by atoms with Crippen LogP contribution in [0, 0.1) is 0 Å². The molecule has 0 spiro atoms. The number of nitrogens with zero attached hydrogens (tertiary/aromatic N) is 2. The number of aliphatic hydroxyl groups is 1. The third kappa shape index (κ3) is 2.88. The van der Waals surface area contributed by atoms with E-state index in [0.29, 0.717) is 13.0 Å². The van der Waals surface area contributed by atoms with Gasteiger partial charge in [-0.15, -0.1) is 0 Å². The van der Waals surface area contributed by atoms with Crippen LogP contribution in [-0.4, -0.2) is 64.0 Å². The van der Waals surface area contributed by atoms with Crippen LogP contribution in [0.1, 0.15) is 39.5 Å². The van der Waals surface area contributed by atoms with Crippen molar-refractivity contribution < 1.29 is 19.5 Å². The van der Waals surface area contributed by atoms with Crippen molar-refractivity contribution in [3.8, 4) is 0 Å². The minimum absolute atomic E-state index is 0.0848. The highest BCUT2D eigenvalue weighted by molar-refractivity contribution is 6.08. The number of rotatable bonds is 4. The SMILES string of the molecule is CCC1(C)NC(=O)N(CC(=O)N2CCCCC2CO)C1=O. The molecule has 0 bridgehead atoms. The molecule has 0 radical (unpaired) electrons. The molecule has 2 atom stereocenters. The summed E-state index contributed by atoms with van der Waals surface area (Å²) in [5.74, 6) is -0.640. The van der Waals surface area contributed by atoms with Crippen LogP contribution in [0.3, 0.4) is 0 Å². The summed E-state index contributed by atoms with van der Waals surface area (Å²) in [6.45, 7) is 3.71. The Bertz CT molecular complexity index is 454. The maximum Gasteiger partial charge on any atom is 0.325 e. The average molecular weight is 297 g/mol. The van der Waals surface area contributed by atoms with Gasteiger partial charge < -0.3 is 15.3 Å². The number of piperidine rings is 1. The molecule has 2 N–H and O–H groups in total. The first kappa shape index (κ1) is 15.8. The molecule has 7 nitrogen and oxygen atoms in total. The lowest BCUT2D eigenvalue weighted by Gasteiger charge is -2.35. The molecule has 2 saturated heterocycles. The van der Waals surface area contributed by atoms with Crippen molar-refractivity contribution >= 4 is 17.8 Å².